The number of aromatic nitrogens is 2. The normalized spacial score (nSPS) is 19.5. The third kappa shape index (κ3) is 3.20. The number of morpholine rings is 1. The van der Waals surface area contributed by atoms with Crippen molar-refractivity contribution in [3.05, 3.63) is 34.6 Å². The summed E-state index contributed by atoms with van der Waals surface area (Å²) in [6, 6.07) is 7.83. The van der Waals surface area contributed by atoms with Crippen molar-refractivity contribution in [2.75, 3.05) is 19.7 Å². The predicted molar refractivity (Wildman–Crippen MR) is 73.7 cm³/mol. The van der Waals surface area contributed by atoms with E-state index in [1.54, 1.807) is 0 Å². The number of ether oxygens (including phenoxy) is 1. The van der Waals surface area contributed by atoms with Crippen molar-refractivity contribution in [3.63, 3.8) is 0 Å². The summed E-state index contributed by atoms with van der Waals surface area (Å²) in [6.45, 7) is 2.47. The topological polar surface area (TPSA) is 60.2 Å². The molecule has 0 radical (unpaired) electrons. The fraction of sp³-hybridized carbons (Fsp3) is 0.385. The van der Waals surface area contributed by atoms with Crippen molar-refractivity contribution in [1.29, 1.82) is 0 Å². The van der Waals surface area contributed by atoms with Gasteiger partial charge in [-0.1, -0.05) is 33.2 Å². The van der Waals surface area contributed by atoms with Gasteiger partial charge < -0.3 is 14.6 Å². The van der Waals surface area contributed by atoms with E-state index in [0.717, 1.165) is 29.7 Å². The molecule has 1 aliphatic rings. The van der Waals surface area contributed by atoms with Gasteiger partial charge in [0.2, 0.25) is 11.7 Å². The second-order valence-electron chi connectivity index (χ2n) is 4.42. The van der Waals surface area contributed by atoms with Crippen molar-refractivity contribution in [2.45, 2.75) is 12.5 Å². The third-order valence-corrected chi connectivity index (χ3v) is 3.45. The number of benzene rings is 1. The van der Waals surface area contributed by atoms with Crippen LogP contribution < -0.4 is 5.32 Å². The van der Waals surface area contributed by atoms with Gasteiger partial charge in [-0.25, -0.2) is 0 Å². The summed E-state index contributed by atoms with van der Waals surface area (Å²) in [5.41, 5.74) is 0.937. The van der Waals surface area contributed by atoms with Gasteiger partial charge in [0.05, 0.1) is 19.1 Å². The Hall–Kier alpha value is -1.24. The summed E-state index contributed by atoms with van der Waals surface area (Å²) in [7, 11) is 0. The van der Waals surface area contributed by atoms with Gasteiger partial charge in [-0.05, 0) is 12.1 Å². The molecular formula is C13H14BrN3O2. The van der Waals surface area contributed by atoms with E-state index in [2.05, 4.69) is 31.4 Å². The molecule has 2 aromatic rings. The van der Waals surface area contributed by atoms with E-state index in [-0.39, 0.29) is 6.10 Å². The van der Waals surface area contributed by atoms with Crippen LogP contribution in [0.2, 0.25) is 0 Å². The van der Waals surface area contributed by atoms with Crippen LogP contribution in [-0.4, -0.2) is 35.9 Å². The van der Waals surface area contributed by atoms with Crippen molar-refractivity contribution in [3.8, 4) is 11.4 Å². The fourth-order valence-corrected chi connectivity index (χ4v) is 2.43. The van der Waals surface area contributed by atoms with Crippen LogP contribution in [0.5, 0.6) is 0 Å². The number of hydrogen-bond acceptors (Lipinski definition) is 5. The highest BCUT2D eigenvalue weighted by Crippen LogP contribution is 2.20. The minimum absolute atomic E-state index is 0.115. The molecule has 5 nitrogen and oxygen atoms in total. The molecule has 6 heteroatoms. The molecule has 1 aromatic heterocycles. The van der Waals surface area contributed by atoms with Crippen LogP contribution >= 0.6 is 15.9 Å². The van der Waals surface area contributed by atoms with E-state index < -0.39 is 0 Å². The Morgan fingerprint density at radius 3 is 3.16 bits per heavy atom. The maximum Gasteiger partial charge on any atom is 0.229 e. The van der Waals surface area contributed by atoms with Gasteiger partial charge in [-0.2, -0.15) is 4.98 Å². The number of halogens is 1. The Morgan fingerprint density at radius 1 is 1.42 bits per heavy atom. The van der Waals surface area contributed by atoms with Crippen LogP contribution in [0.3, 0.4) is 0 Å². The number of nitrogens with one attached hydrogen (secondary N) is 1. The van der Waals surface area contributed by atoms with E-state index in [1.165, 1.54) is 0 Å². The second-order valence-corrected chi connectivity index (χ2v) is 5.34. The van der Waals surface area contributed by atoms with Crippen molar-refractivity contribution >= 4 is 15.9 Å². The zero-order valence-electron chi connectivity index (χ0n) is 10.3. The highest BCUT2D eigenvalue weighted by Gasteiger charge is 2.18. The van der Waals surface area contributed by atoms with Gasteiger partial charge in [0.15, 0.2) is 0 Å². The lowest BCUT2D eigenvalue weighted by molar-refractivity contribution is 0.0246. The van der Waals surface area contributed by atoms with Gasteiger partial charge in [0.1, 0.15) is 0 Å². The van der Waals surface area contributed by atoms with E-state index in [0.29, 0.717) is 18.1 Å². The second kappa shape index (κ2) is 5.81. The van der Waals surface area contributed by atoms with E-state index in [1.807, 2.05) is 24.3 Å². The lowest BCUT2D eigenvalue weighted by Crippen LogP contribution is -2.39. The maximum absolute atomic E-state index is 5.62. The highest BCUT2D eigenvalue weighted by atomic mass is 79.9. The van der Waals surface area contributed by atoms with E-state index in [9.17, 15) is 0 Å². The van der Waals surface area contributed by atoms with Gasteiger partial charge in [0.25, 0.3) is 0 Å². The summed E-state index contributed by atoms with van der Waals surface area (Å²) < 4.78 is 11.9. The maximum atomic E-state index is 5.62. The third-order valence-electron chi connectivity index (χ3n) is 2.96. The Kier molecular flexibility index (Phi) is 3.91. The Morgan fingerprint density at radius 2 is 2.37 bits per heavy atom. The van der Waals surface area contributed by atoms with Crippen LogP contribution in [0, 0.1) is 0 Å². The first kappa shape index (κ1) is 12.8. The van der Waals surface area contributed by atoms with Gasteiger partial charge in [-0.15, -0.1) is 0 Å². The minimum Gasteiger partial charge on any atom is -0.375 e. The number of rotatable bonds is 3. The van der Waals surface area contributed by atoms with E-state index >= 15 is 0 Å². The lowest BCUT2D eigenvalue weighted by Gasteiger charge is -2.21. The monoisotopic (exact) mass is 323 g/mol. The molecule has 0 spiro atoms. The molecule has 100 valence electrons. The zero-order valence-corrected chi connectivity index (χ0v) is 11.9. The molecule has 1 N–H and O–H groups in total. The Labute approximate surface area is 119 Å². The molecule has 1 unspecified atom stereocenters. The summed E-state index contributed by atoms with van der Waals surface area (Å²) in [5.74, 6) is 1.23. The molecule has 19 heavy (non-hydrogen) atoms. The van der Waals surface area contributed by atoms with Crippen LogP contribution in [0.25, 0.3) is 11.4 Å². The average Bonchev–Trinajstić information content (AvgIpc) is 2.88. The fourth-order valence-electron chi connectivity index (χ4n) is 2.03. The van der Waals surface area contributed by atoms with Gasteiger partial charge >= 0.3 is 0 Å². The molecule has 0 amide bonds. The van der Waals surface area contributed by atoms with Crippen LogP contribution in [0.15, 0.2) is 33.3 Å². The molecule has 0 saturated carbocycles. The molecule has 1 aromatic carbocycles. The first-order valence-corrected chi connectivity index (χ1v) is 7.01. The molecule has 1 saturated heterocycles. The van der Waals surface area contributed by atoms with Gasteiger partial charge in [0, 0.05) is 23.1 Å². The van der Waals surface area contributed by atoms with Crippen LogP contribution in [0.4, 0.5) is 0 Å². The molecule has 1 atom stereocenters. The summed E-state index contributed by atoms with van der Waals surface area (Å²) >= 11 is 3.43. The molecule has 3 rings (SSSR count). The van der Waals surface area contributed by atoms with Crippen molar-refractivity contribution < 1.29 is 9.26 Å². The van der Waals surface area contributed by atoms with Crippen LogP contribution in [-0.2, 0) is 11.2 Å². The number of hydrogen-bond donors (Lipinski definition) is 1. The SMILES string of the molecule is Brc1cccc(-c2noc(CC3CNCCO3)n2)c1. The largest absolute Gasteiger partial charge is 0.375 e. The van der Waals surface area contributed by atoms with Crippen molar-refractivity contribution in [2.24, 2.45) is 0 Å². The standard InChI is InChI=1S/C13H14BrN3O2/c14-10-3-1-2-9(6-10)13-16-12(19-17-13)7-11-8-15-4-5-18-11/h1-3,6,11,15H,4-5,7-8H2. The molecule has 1 fully saturated rings. The first-order valence-electron chi connectivity index (χ1n) is 6.22. The first-order chi connectivity index (χ1) is 9.31. The van der Waals surface area contributed by atoms with E-state index in [4.69, 9.17) is 9.26 Å². The van der Waals surface area contributed by atoms with Gasteiger partial charge in [-0.3, -0.25) is 0 Å². The summed E-state index contributed by atoms with van der Waals surface area (Å²) in [5, 5.41) is 7.29. The lowest BCUT2D eigenvalue weighted by atomic mass is 10.2. The molecule has 1 aliphatic heterocycles. The highest BCUT2D eigenvalue weighted by molar-refractivity contribution is 9.10. The zero-order chi connectivity index (χ0) is 13.1. The molecule has 0 bridgehead atoms. The molecular weight excluding hydrogens is 310 g/mol. The summed E-state index contributed by atoms with van der Waals surface area (Å²) in [6.07, 6.45) is 0.762. The van der Waals surface area contributed by atoms with Crippen molar-refractivity contribution in [1.82, 2.24) is 15.5 Å². The smallest absolute Gasteiger partial charge is 0.229 e. The number of nitrogens with zero attached hydrogens (tertiary/aromatic N) is 2. The molecule has 0 aliphatic carbocycles. The summed E-state index contributed by atoms with van der Waals surface area (Å²) in [4.78, 5) is 4.41. The Bertz CT molecular complexity index is 552. The predicted octanol–water partition coefficient (Wildman–Crippen LogP) is 2.03. The minimum atomic E-state index is 0.115. The van der Waals surface area contributed by atoms with Crippen LogP contribution in [0.1, 0.15) is 5.89 Å². The average molecular weight is 324 g/mol. The quantitative estimate of drug-likeness (QED) is 0.936. The Balaban J connectivity index is 1.72. The molecule has 2 heterocycles.